The zero-order valence-electron chi connectivity index (χ0n) is 9.05. The van der Waals surface area contributed by atoms with Gasteiger partial charge in [0.2, 0.25) is 0 Å². The van der Waals surface area contributed by atoms with Crippen molar-refractivity contribution in [3.63, 3.8) is 0 Å². The Morgan fingerprint density at radius 1 is 1.40 bits per heavy atom. The molecule has 0 aliphatic carbocycles. The van der Waals surface area contributed by atoms with Crippen LogP contribution in [0, 0.1) is 24.6 Å². The third-order valence-electron chi connectivity index (χ3n) is 2.17. The summed E-state index contributed by atoms with van der Waals surface area (Å²) in [5.41, 5.74) is 1.45. The Labute approximate surface area is 89.9 Å². The van der Waals surface area contributed by atoms with E-state index in [4.69, 9.17) is 0 Å². The molecule has 0 fully saturated rings. The van der Waals surface area contributed by atoms with Crippen LogP contribution in [0.15, 0.2) is 18.2 Å². The first-order valence-electron chi connectivity index (χ1n) is 4.98. The van der Waals surface area contributed by atoms with Crippen molar-refractivity contribution in [1.29, 1.82) is 0 Å². The van der Waals surface area contributed by atoms with Crippen molar-refractivity contribution < 1.29 is 9.50 Å². The van der Waals surface area contributed by atoms with Crippen molar-refractivity contribution in [1.82, 2.24) is 0 Å². The molecule has 0 spiro atoms. The maximum Gasteiger partial charge on any atom is 0.123 e. The molecule has 0 aliphatic rings. The van der Waals surface area contributed by atoms with Crippen LogP contribution in [0.4, 0.5) is 4.39 Å². The Kier molecular flexibility index (Phi) is 4.33. The molecule has 0 saturated heterocycles. The van der Waals surface area contributed by atoms with E-state index in [0.717, 1.165) is 5.56 Å². The van der Waals surface area contributed by atoms with Crippen LogP contribution >= 0.6 is 0 Å². The first-order valence-corrected chi connectivity index (χ1v) is 4.98. The van der Waals surface area contributed by atoms with Gasteiger partial charge in [-0.3, -0.25) is 0 Å². The summed E-state index contributed by atoms with van der Waals surface area (Å²) in [4.78, 5) is 0. The van der Waals surface area contributed by atoms with Gasteiger partial charge in [-0.2, -0.15) is 0 Å². The molecule has 2 heteroatoms. The predicted molar refractivity (Wildman–Crippen MR) is 58.8 cm³/mol. The molecule has 1 rings (SSSR count). The van der Waals surface area contributed by atoms with Crippen LogP contribution in [0.25, 0.3) is 0 Å². The van der Waals surface area contributed by atoms with Crippen molar-refractivity contribution in [2.24, 2.45) is 0 Å². The molecule has 0 aromatic heterocycles. The molecule has 1 atom stereocenters. The molecule has 1 unspecified atom stereocenters. The fourth-order valence-corrected chi connectivity index (χ4v) is 1.46. The maximum atomic E-state index is 13.0. The van der Waals surface area contributed by atoms with Crippen LogP contribution in [-0.2, 0) is 0 Å². The first-order chi connectivity index (χ1) is 7.13. The average molecular weight is 206 g/mol. The van der Waals surface area contributed by atoms with Gasteiger partial charge >= 0.3 is 0 Å². The van der Waals surface area contributed by atoms with E-state index in [1.54, 1.807) is 13.0 Å². The van der Waals surface area contributed by atoms with E-state index in [2.05, 4.69) is 11.8 Å². The number of aliphatic hydroxyl groups is 1. The second-order valence-corrected chi connectivity index (χ2v) is 3.54. The standard InChI is InChI=1S/C13H15FO/c1-3-4-5-6-13(15)11-7-10(2)8-12(14)9-11/h7-9,13,15H,5-6H2,1-2H3. The van der Waals surface area contributed by atoms with E-state index < -0.39 is 6.10 Å². The number of aliphatic hydroxyl groups excluding tert-OH is 1. The molecule has 0 radical (unpaired) electrons. The Morgan fingerprint density at radius 2 is 2.13 bits per heavy atom. The molecule has 0 saturated carbocycles. The van der Waals surface area contributed by atoms with Crippen molar-refractivity contribution in [3.8, 4) is 11.8 Å². The Hall–Kier alpha value is -1.33. The Bertz CT molecular complexity index is 367. The molecule has 0 bridgehead atoms. The van der Waals surface area contributed by atoms with Crippen LogP contribution in [0.2, 0.25) is 0 Å². The van der Waals surface area contributed by atoms with Gasteiger partial charge in [0.15, 0.2) is 0 Å². The van der Waals surface area contributed by atoms with Crippen LogP contribution in [0.1, 0.15) is 37.0 Å². The normalized spacial score (nSPS) is 11.7. The highest BCUT2D eigenvalue weighted by Gasteiger charge is 2.08. The molecule has 15 heavy (non-hydrogen) atoms. The van der Waals surface area contributed by atoms with Crippen molar-refractivity contribution >= 4 is 0 Å². The number of aryl methyl sites for hydroxylation is 1. The highest BCUT2D eigenvalue weighted by atomic mass is 19.1. The highest BCUT2D eigenvalue weighted by Crippen LogP contribution is 2.20. The summed E-state index contributed by atoms with van der Waals surface area (Å²) in [6, 6.07) is 4.62. The highest BCUT2D eigenvalue weighted by molar-refractivity contribution is 5.25. The van der Waals surface area contributed by atoms with Gasteiger partial charge in [-0.25, -0.2) is 4.39 Å². The minimum Gasteiger partial charge on any atom is -0.388 e. The second kappa shape index (κ2) is 5.53. The van der Waals surface area contributed by atoms with Crippen LogP contribution < -0.4 is 0 Å². The second-order valence-electron chi connectivity index (χ2n) is 3.54. The van der Waals surface area contributed by atoms with Crippen molar-refractivity contribution in [2.45, 2.75) is 32.8 Å². The number of hydrogen-bond donors (Lipinski definition) is 1. The summed E-state index contributed by atoms with van der Waals surface area (Å²) in [5.74, 6) is 5.34. The monoisotopic (exact) mass is 206 g/mol. The van der Waals surface area contributed by atoms with Crippen LogP contribution in [0.3, 0.4) is 0 Å². The molecule has 0 amide bonds. The maximum absolute atomic E-state index is 13.0. The molecule has 1 aromatic rings. The van der Waals surface area contributed by atoms with E-state index in [1.165, 1.54) is 12.1 Å². The third kappa shape index (κ3) is 3.73. The molecule has 0 heterocycles. The van der Waals surface area contributed by atoms with E-state index in [-0.39, 0.29) is 5.82 Å². The Morgan fingerprint density at radius 3 is 2.73 bits per heavy atom. The average Bonchev–Trinajstić information content (AvgIpc) is 2.16. The van der Waals surface area contributed by atoms with Gasteiger partial charge in [0.05, 0.1) is 6.10 Å². The summed E-state index contributed by atoms with van der Waals surface area (Å²) >= 11 is 0. The van der Waals surface area contributed by atoms with Crippen molar-refractivity contribution in [2.75, 3.05) is 0 Å². The van der Waals surface area contributed by atoms with Crippen LogP contribution in [-0.4, -0.2) is 5.11 Å². The van der Waals surface area contributed by atoms with Gasteiger partial charge in [0.1, 0.15) is 5.82 Å². The number of rotatable bonds is 3. The number of halogens is 1. The Balaban J connectivity index is 2.71. The van der Waals surface area contributed by atoms with E-state index >= 15 is 0 Å². The predicted octanol–water partition coefficient (Wildman–Crippen LogP) is 2.97. The largest absolute Gasteiger partial charge is 0.388 e. The van der Waals surface area contributed by atoms with Crippen molar-refractivity contribution in [3.05, 3.63) is 35.1 Å². The molecule has 0 aliphatic heterocycles. The molecular formula is C13H15FO. The van der Waals surface area contributed by atoms with Gasteiger partial charge in [-0.05, 0) is 43.5 Å². The zero-order chi connectivity index (χ0) is 11.3. The van der Waals surface area contributed by atoms with E-state index in [1.807, 2.05) is 6.92 Å². The molecule has 80 valence electrons. The summed E-state index contributed by atoms with van der Waals surface area (Å²) in [7, 11) is 0. The lowest BCUT2D eigenvalue weighted by Gasteiger charge is -2.10. The lowest BCUT2D eigenvalue weighted by molar-refractivity contribution is 0.169. The summed E-state index contributed by atoms with van der Waals surface area (Å²) in [6.07, 6.45) is 0.553. The molecule has 1 N–H and O–H groups in total. The fraction of sp³-hybridized carbons (Fsp3) is 0.385. The smallest absolute Gasteiger partial charge is 0.123 e. The quantitative estimate of drug-likeness (QED) is 0.754. The van der Waals surface area contributed by atoms with Gasteiger partial charge in [-0.15, -0.1) is 11.8 Å². The minimum absolute atomic E-state index is 0.300. The van der Waals surface area contributed by atoms with Gasteiger partial charge in [0, 0.05) is 6.42 Å². The summed E-state index contributed by atoms with van der Waals surface area (Å²) in [5, 5.41) is 9.76. The van der Waals surface area contributed by atoms with Gasteiger partial charge in [0.25, 0.3) is 0 Å². The number of benzene rings is 1. The lowest BCUT2D eigenvalue weighted by atomic mass is 10.0. The van der Waals surface area contributed by atoms with E-state index in [0.29, 0.717) is 18.4 Å². The molecule has 1 aromatic carbocycles. The minimum atomic E-state index is -0.625. The summed E-state index contributed by atoms with van der Waals surface area (Å²) in [6.45, 7) is 3.57. The zero-order valence-corrected chi connectivity index (χ0v) is 9.05. The SMILES string of the molecule is CC#CCCC(O)c1cc(C)cc(F)c1. The fourth-order valence-electron chi connectivity index (χ4n) is 1.46. The van der Waals surface area contributed by atoms with Gasteiger partial charge < -0.3 is 5.11 Å². The van der Waals surface area contributed by atoms with Gasteiger partial charge in [-0.1, -0.05) is 6.07 Å². The van der Waals surface area contributed by atoms with Crippen LogP contribution in [0.5, 0.6) is 0 Å². The molecular weight excluding hydrogens is 191 g/mol. The van der Waals surface area contributed by atoms with E-state index in [9.17, 15) is 9.50 Å². The third-order valence-corrected chi connectivity index (χ3v) is 2.17. The lowest BCUT2D eigenvalue weighted by Crippen LogP contribution is -1.98. The molecule has 1 nitrogen and oxygen atoms in total. The topological polar surface area (TPSA) is 20.2 Å². The summed E-state index contributed by atoms with van der Waals surface area (Å²) < 4.78 is 13.0. The first kappa shape index (κ1) is 11.7. The number of hydrogen-bond acceptors (Lipinski definition) is 1.